The first-order valence-corrected chi connectivity index (χ1v) is 10.9. The van der Waals surface area contributed by atoms with Gasteiger partial charge in [0.1, 0.15) is 11.9 Å². The van der Waals surface area contributed by atoms with Crippen LogP contribution in [0.2, 0.25) is 0 Å². The highest BCUT2D eigenvalue weighted by atomic mass is 16.5. The number of hydrogen-bond donors (Lipinski definition) is 2. The second-order valence-electron chi connectivity index (χ2n) is 8.95. The Hall–Kier alpha value is -2.86. The van der Waals surface area contributed by atoms with E-state index in [2.05, 4.69) is 17.3 Å². The molecule has 1 saturated carbocycles. The average Bonchev–Trinajstić information content (AvgIpc) is 2.74. The summed E-state index contributed by atoms with van der Waals surface area (Å²) >= 11 is 0. The molecule has 0 aromatic heterocycles. The number of phenols is 1. The van der Waals surface area contributed by atoms with Crippen molar-refractivity contribution in [2.45, 2.75) is 43.7 Å². The number of fused-ring (bicyclic) bond motifs is 1. The second-order valence-corrected chi connectivity index (χ2v) is 8.95. The molecule has 0 spiro atoms. The fraction of sp³-hybridized carbons (Fsp3) is 0.440. The predicted molar refractivity (Wildman–Crippen MR) is 118 cm³/mol. The van der Waals surface area contributed by atoms with Crippen molar-refractivity contribution in [1.29, 1.82) is 0 Å². The Morgan fingerprint density at radius 2 is 1.94 bits per heavy atom. The van der Waals surface area contributed by atoms with Crippen LogP contribution in [0.15, 0.2) is 54.6 Å². The van der Waals surface area contributed by atoms with Gasteiger partial charge in [0.2, 0.25) is 0 Å². The Morgan fingerprint density at radius 1 is 1.16 bits per heavy atom. The number of piperidine rings is 1. The van der Waals surface area contributed by atoms with E-state index in [4.69, 9.17) is 4.74 Å². The molecule has 1 aliphatic heterocycles. The van der Waals surface area contributed by atoms with Gasteiger partial charge in [-0.1, -0.05) is 30.3 Å². The Bertz CT molecular complexity index is 948. The van der Waals surface area contributed by atoms with Gasteiger partial charge in [0.05, 0.1) is 0 Å². The Balaban J connectivity index is 1.69. The fourth-order valence-corrected chi connectivity index (χ4v) is 5.48. The number of hydrogen-bond acceptors (Lipinski definition) is 5. The smallest absolute Gasteiger partial charge is 0.302 e. The van der Waals surface area contributed by atoms with Crippen LogP contribution in [-0.4, -0.2) is 54.2 Å². The van der Waals surface area contributed by atoms with Crippen molar-refractivity contribution >= 4 is 11.9 Å². The van der Waals surface area contributed by atoms with Crippen LogP contribution in [0.3, 0.4) is 0 Å². The number of phenolic OH excluding ortho intramolecular Hbond substituents is 1. The second kappa shape index (κ2) is 8.71. The molecule has 1 saturated heterocycles. The van der Waals surface area contributed by atoms with Crippen LogP contribution in [0, 0.1) is 5.92 Å². The molecule has 6 heteroatoms. The number of carbonyl (C=O) groups excluding carboxylic acids is 2. The van der Waals surface area contributed by atoms with Crippen molar-refractivity contribution in [2.75, 3.05) is 20.1 Å². The Morgan fingerprint density at radius 3 is 2.65 bits per heavy atom. The molecule has 1 heterocycles. The molecule has 2 N–H and O–H groups in total. The maximum Gasteiger partial charge on any atom is 0.302 e. The first-order valence-electron chi connectivity index (χ1n) is 10.9. The summed E-state index contributed by atoms with van der Waals surface area (Å²) in [5.74, 6) is -0.117. The highest BCUT2D eigenvalue weighted by molar-refractivity contribution is 5.94. The SMILES string of the molecule is CC(=O)OC1C[C@H](NC(=O)c2ccccc2)C[C@]2(c3cccc(O)c3)CCN(C)C[C@@H]12. The molecule has 1 aliphatic carbocycles. The van der Waals surface area contributed by atoms with Crippen molar-refractivity contribution in [1.82, 2.24) is 10.2 Å². The minimum Gasteiger partial charge on any atom is -0.508 e. The summed E-state index contributed by atoms with van der Waals surface area (Å²) in [6.07, 6.45) is 1.88. The minimum atomic E-state index is -0.308. The molecule has 4 rings (SSSR count). The van der Waals surface area contributed by atoms with E-state index in [-0.39, 0.29) is 41.1 Å². The largest absolute Gasteiger partial charge is 0.508 e. The minimum absolute atomic E-state index is 0.0850. The zero-order chi connectivity index (χ0) is 22.0. The van der Waals surface area contributed by atoms with Crippen molar-refractivity contribution in [3.8, 4) is 5.75 Å². The number of esters is 1. The molecule has 1 unspecified atom stereocenters. The monoisotopic (exact) mass is 422 g/mol. The third-order valence-electron chi connectivity index (χ3n) is 6.84. The van der Waals surface area contributed by atoms with Gasteiger partial charge in [0.25, 0.3) is 5.91 Å². The van der Waals surface area contributed by atoms with Gasteiger partial charge in [-0.3, -0.25) is 9.59 Å². The van der Waals surface area contributed by atoms with E-state index in [0.717, 1.165) is 31.5 Å². The van der Waals surface area contributed by atoms with Gasteiger partial charge >= 0.3 is 5.97 Å². The summed E-state index contributed by atoms with van der Waals surface area (Å²) in [7, 11) is 2.08. The molecular weight excluding hydrogens is 392 g/mol. The Labute approximate surface area is 183 Å². The van der Waals surface area contributed by atoms with Crippen molar-refractivity contribution in [3.05, 3.63) is 65.7 Å². The van der Waals surface area contributed by atoms with Crippen LogP contribution in [0.25, 0.3) is 0 Å². The van der Waals surface area contributed by atoms with Crippen LogP contribution in [0.4, 0.5) is 0 Å². The molecule has 2 aliphatic rings. The summed E-state index contributed by atoms with van der Waals surface area (Å²) in [6, 6.07) is 16.4. The molecule has 164 valence electrons. The van der Waals surface area contributed by atoms with Gasteiger partial charge in [-0.05, 0) is 56.3 Å². The number of aromatic hydroxyl groups is 1. The van der Waals surface area contributed by atoms with Gasteiger partial charge in [0, 0.05) is 42.8 Å². The lowest BCUT2D eigenvalue weighted by molar-refractivity contribution is -0.156. The van der Waals surface area contributed by atoms with Gasteiger partial charge in [-0.25, -0.2) is 0 Å². The van der Waals surface area contributed by atoms with E-state index < -0.39 is 0 Å². The number of ether oxygens (including phenoxy) is 1. The quantitative estimate of drug-likeness (QED) is 0.741. The molecule has 2 aromatic rings. The molecule has 2 aromatic carbocycles. The van der Waals surface area contributed by atoms with Crippen molar-refractivity contribution in [2.24, 2.45) is 5.92 Å². The van der Waals surface area contributed by atoms with Gasteiger partial charge in [-0.15, -0.1) is 0 Å². The first kappa shape index (κ1) is 21.4. The third-order valence-corrected chi connectivity index (χ3v) is 6.84. The number of nitrogens with one attached hydrogen (secondary N) is 1. The van der Waals surface area contributed by atoms with Crippen LogP contribution >= 0.6 is 0 Å². The normalized spacial score (nSPS) is 28.4. The maximum absolute atomic E-state index is 12.9. The highest BCUT2D eigenvalue weighted by Gasteiger charge is 2.53. The summed E-state index contributed by atoms with van der Waals surface area (Å²) < 4.78 is 5.82. The zero-order valence-corrected chi connectivity index (χ0v) is 18.1. The van der Waals surface area contributed by atoms with Crippen molar-refractivity contribution < 1.29 is 19.4 Å². The molecule has 6 nitrogen and oxygen atoms in total. The van der Waals surface area contributed by atoms with Gasteiger partial charge in [0.15, 0.2) is 0 Å². The van der Waals surface area contributed by atoms with E-state index in [0.29, 0.717) is 12.0 Å². The highest BCUT2D eigenvalue weighted by Crippen LogP contribution is 2.50. The van der Waals surface area contributed by atoms with E-state index in [9.17, 15) is 14.7 Å². The topological polar surface area (TPSA) is 78.9 Å². The summed E-state index contributed by atoms with van der Waals surface area (Å²) in [5, 5.41) is 13.4. The predicted octanol–water partition coefficient (Wildman–Crippen LogP) is 3.11. The maximum atomic E-state index is 12.9. The van der Waals surface area contributed by atoms with E-state index in [1.165, 1.54) is 6.92 Å². The van der Waals surface area contributed by atoms with E-state index in [1.54, 1.807) is 18.2 Å². The summed E-state index contributed by atoms with van der Waals surface area (Å²) in [5.41, 5.74) is 1.36. The lowest BCUT2D eigenvalue weighted by Gasteiger charge is -2.55. The number of benzene rings is 2. The number of nitrogens with zero attached hydrogens (tertiary/aromatic N) is 1. The molecule has 2 fully saturated rings. The molecular formula is C25H30N2O4. The standard InChI is InChI=1S/C25H30N2O4/c1-17(28)31-23-14-20(26-24(30)18-7-4-3-5-8-18)15-25(11-12-27(2)16-22(23)25)19-9-6-10-21(29)13-19/h3-10,13,20,22-23,29H,11-12,14-16H2,1-2H3,(H,26,30)/t20-,22-,23?,25-/m0/s1. The van der Waals surface area contributed by atoms with E-state index >= 15 is 0 Å². The zero-order valence-electron chi connectivity index (χ0n) is 18.1. The number of carbonyl (C=O) groups is 2. The average molecular weight is 423 g/mol. The lowest BCUT2D eigenvalue weighted by Crippen LogP contribution is -2.61. The number of likely N-dealkylation sites (tertiary alicyclic amines) is 1. The molecule has 0 bridgehead atoms. The first-order chi connectivity index (χ1) is 14.9. The third kappa shape index (κ3) is 4.44. The molecule has 4 atom stereocenters. The van der Waals surface area contributed by atoms with Crippen molar-refractivity contribution in [3.63, 3.8) is 0 Å². The molecule has 31 heavy (non-hydrogen) atoms. The van der Waals surface area contributed by atoms with E-state index in [1.807, 2.05) is 36.4 Å². The molecule has 1 amide bonds. The molecule has 0 radical (unpaired) electrons. The van der Waals surface area contributed by atoms with Crippen LogP contribution < -0.4 is 5.32 Å². The number of amides is 1. The van der Waals surface area contributed by atoms with Gasteiger partial charge < -0.3 is 20.1 Å². The van der Waals surface area contributed by atoms with Crippen LogP contribution in [0.1, 0.15) is 42.1 Å². The lowest BCUT2D eigenvalue weighted by atomic mass is 9.57. The number of rotatable bonds is 4. The van der Waals surface area contributed by atoms with Crippen LogP contribution in [0.5, 0.6) is 5.75 Å². The van der Waals surface area contributed by atoms with Crippen LogP contribution in [-0.2, 0) is 14.9 Å². The summed E-state index contributed by atoms with van der Waals surface area (Å²) in [6.45, 7) is 3.14. The summed E-state index contributed by atoms with van der Waals surface area (Å²) in [4.78, 5) is 27.1. The Kier molecular flexibility index (Phi) is 6.01. The fourth-order valence-electron chi connectivity index (χ4n) is 5.48. The van der Waals surface area contributed by atoms with Gasteiger partial charge in [-0.2, -0.15) is 0 Å².